The van der Waals surface area contributed by atoms with Gasteiger partial charge in [0.1, 0.15) is 11.4 Å². The minimum atomic E-state index is -0.674. The lowest BCUT2D eigenvalue weighted by Crippen LogP contribution is -2.49. The van der Waals surface area contributed by atoms with E-state index in [1.165, 1.54) is 33.1 Å². The van der Waals surface area contributed by atoms with Gasteiger partial charge in [-0.25, -0.2) is 0 Å². The van der Waals surface area contributed by atoms with E-state index in [9.17, 15) is 9.59 Å². The fourth-order valence-electron chi connectivity index (χ4n) is 3.95. The van der Waals surface area contributed by atoms with Gasteiger partial charge >= 0.3 is 0 Å². The van der Waals surface area contributed by atoms with Crippen LogP contribution in [0.4, 0.5) is 0 Å². The van der Waals surface area contributed by atoms with E-state index < -0.39 is 11.4 Å². The first kappa shape index (κ1) is 26.3. The molecular formula is C25H32N2O7S. The number of carbonyl (C=O) groups is 2. The first-order valence-electron chi connectivity index (χ1n) is 11.1. The first-order valence-corrected chi connectivity index (χ1v) is 12.1. The summed E-state index contributed by atoms with van der Waals surface area (Å²) in [5, 5.41) is 2.51. The van der Waals surface area contributed by atoms with Crippen LogP contribution in [0.3, 0.4) is 0 Å². The van der Waals surface area contributed by atoms with Crippen molar-refractivity contribution in [2.45, 2.75) is 31.3 Å². The quantitative estimate of drug-likeness (QED) is 0.554. The number of amides is 2. The van der Waals surface area contributed by atoms with Crippen LogP contribution in [0.2, 0.25) is 0 Å². The van der Waals surface area contributed by atoms with Crippen LogP contribution in [-0.2, 0) is 4.79 Å². The zero-order valence-electron chi connectivity index (χ0n) is 21.0. The molecule has 2 amide bonds. The molecule has 10 heteroatoms. The van der Waals surface area contributed by atoms with Crippen molar-refractivity contribution in [3.63, 3.8) is 0 Å². The molecule has 0 spiro atoms. The zero-order chi connectivity index (χ0) is 25.7. The second-order valence-corrected chi connectivity index (χ2v) is 9.22. The van der Waals surface area contributed by atoms with Crippen LogP contribution in [-0.4, -0.2) is 70.1 Å². The zero-order valence-corrected chi connectivity index (χ0v) is 21.9. The Bertz CT molecular complexity index is 1050. The van der Waals surface area contributed by atoms with Gasteiger partial charge in [-0.3, -0.25) is 9.59 Å². The molecule has 1 aliphatic rings. The van der Waals surface area contributed by atoms with Crippen LogP contribution in [0.15, 0.2) is 30.3 Å². The maximum absolute atomic E-state index is 14.0. The minimum absolute atomic E-state index is 0.0641. The molecule has 0 aliphatic carbocycles. The van der Waals surface area contributed by atoms with Gasteiger partial charge in [0.15, 0.2) is 23.0 Å². The Labute approximate surface area is 210 Å². The number of benzene rings is 2. The van der Waals surface area contributed by atoms with Gasteiger partial charge in [0.2, 0.25) is 11.7 Å². The van der Waals surface area contributed by atoms with Gasteiger partial charge in [-0.2, -0.15) is 0 Å². The number of hydrogen-bond donors (Lipinski definition) is 1. The number of nitrogens with zero attached hydrogens (tertiary/aromatic N) is 1. The molecule has 9 nitrogen and oxygen atoms in total. The number of thioether (sulfide) groups is 1. The maximum atomic E-state index is 14.0. The monoisotopic (exact) mass is 504 g/mol. The molecule has 3 rings (SSSR count). The van der Waals surface area contributed by atoms with E-state index in [2.05, 4.69) is 5.32 Å². The summed E-state index contributed by atoms with van der Waals surface area (Å²) >= 11 is 1.51. The van der Waals surface area contributed by atoms with Crippen molar-refractivity contribution in [3.05, 3.63) is 41.5 Å². The third-order valence-electron chi connectivity index (χ3n) is 5.57. The summed E-state index contributed by atoms with van der Waals surface area (Å²) in [5.41, 5.74) is 1.13. The van der Waals surface area contributed by atoms with Gasteiger partial charge in [-0.05, 0) is 43.7 Å². The summed E-state index contributed by atoms with van der Waals surface area (Å²) in [6, 6.07) is 7.94. The van der Waals surface area contributed by atoms with Crippen LogP contribution in [0.25, 0.3) is 0 Å². The van der Waals surface area contributed by atoms with E-state index in [0.29, 0.717) is 40.1 Å². The Morgan fingerprint density at radius 2 is 1.49 bits per heavy atom. The highest BCUT2D eigenvalue weighted by molar-refractivity contribution is 7.99. The Morgan fingerprint density at radius 1 is 0.886 bits per heavy atom. The van der Waals surface area contributed by atoms with Crippen molar-refractivity contribution in [3.8, 4) is 28.7 Å². The molecule has 1 heterocycles. The number of hydrogen-bond acceptors (Lipinski definition) is 8. The largest absolute Gasteiger partial charge is 0.493 e. The predicted molar refractivity (Wildman–Crippen MR) is 134 cm³/mol. The van der Waals surface area contributed by atoms with Crippen LogP contribution >= 0.6 is 11.8 Å². The number of nitrogens with one attached hydrogen (secondary N) is 1. The number of carbonyl (C=O) groups excluding carboxylic acids is 2. The first-order chi connectivity index (χ1) is 16.8. The second kappa shape index (κ2) is 11.4. The normalized spacial score (nSPS) is 17.2. The van der Waals surface area contributed by atoms with Crippen molar-refractivity contribution >= 4 is 23.6 Å². The fraction of sp³-hybridized carbons (Fsp3) is 0.440. The van der Waals surface area contributed by atoms with E-state index in [1.54, 1.807) is 37.3 Å². The molecule has 2 atom stereocenters. The van der Waals surface area contributed by atoms with Crippen LogP contribution in [0.1, 0.15) is 35.1 Å². The SMILES string of the molecule is COc1ccc(C2SCC(C(=O)NC(C)C)N2C(=O)c2cc(OC)c(OC)c(OC)c2)cc1OC. The van der Waals surface area contributed by atoms with Crippen molar-refractivity contribution in [1.29, 1.82) is 0 Å². The van der Waals surface area contributed by atoms with E-state index in [-0.39, 0.29) is 17.9 Å². The average molecular weight is 505 g/mol. The Morgan fingerprint density at radius 3 is 2.00 bits per heavy atom. The number of ether oxygens (including phenoxy) is 5. The molecule has 190 valence electrons. The van der Waals surface area contributed by atoms with Gasteiger partial charge in [-0.15, -0.1) is 11.8 Å². The van der Waals surface area contributed by atoms with Crippen molar-refractivity contribution in [2.24, 2.45) is 0 Å². The standard InChI is InChI=1S/C25H32N2O7S/c1-14(2)26-23(28)17-13-35-25(15-8-9-18(30-3)19(10-15)31-4)27(17)24(29)16-11-20(32-5)22(34-7)21(12-16)33-6/h8-12,14,17,25H,13H2,1-7H3,(H,26,28). The highest BCUT2D eigenvalue weighted by Crippen LogP contribution is 2.46. The van der Waals surface area contributed by atoms with E-state index in [1.807, 2.05) is 26.0 Å². The number of rotatable bonds is 9. The Hall–Kier alpha value is -3.27. The molecule has 2 unspecified atom stereocenters. The van der Waals surface area contributed by atoms with Crippen LogP contribution in [0, 0.1) is 0 Å². The van der Waals surface area contributed by atoms with Gasteiger partial charge in [0.05, 0.1) is 35.5 Å². The lowest BCUT2D eigenvalue weighted by atomic mass is 10.1. The van der Waals surface area contributed by atoms with E-state index in [0.717, 1.165) is 5.56 Å². The Kier molecular flexibility index (Phi) is 8.61. The van der Waals surface area contributed by atoms with Crippen LogP contribution < -0.4 is 29.0 Å². The lowest BCUT2D eigenvalue weighted by molar-refractivity contribution is -0.125. The molecule has 1 saturated heterocycles. The second-order valence-electron chi connectivity index (χ2n) is 8.11. The average Bonchev–Trinajstić information content (AvgIpc) is 3.31. The fourth-order valence-corrected chi connectivity index (χ4v) is 5.37. The highest BCUT2D eigenvalue weighted by Gasteiger charge is 2.43. The molecule has 2 aromatic carbocycles. The van der Waals surface area contributed by atoms with Gasteiger partial charge in [0, 0.05) is 17.4 Å². The molecule has 1 aliphatic heterocycles. The smallest absolute Gasteiger partial charge is 0.256 e. The maximum Gasteiger partial charge on any atom is 0.256 e. The topological polar surface area (TPSA) is 95.6 Å². The molecule has 1 fully saturated rings. The molecule has 0 saturated carbocycles. The summed E-state index contributed by atoms with van der Waals surface area (Å²) in [6.45, 7) is 3.77. The van der Waals surface area contributed by atoms with Crippen molar-refractivity contribution in [2.75, 3.05) is 41.3 Å². The lowest BCUT2D eigenvalue weighted by Gasteiger charge is -2.30. The Balaban J connectivity index is 2.09. The number of methoxy groups -OCH3 is 5. The third-order valence-corrected chi connectivity index (χ3v) is 6.90. The summed E-state index contributed by atoms with van der Waals surface area (Å²) in [5.74, 6) is 2.10. The van der Waals surface area contributed by atoms with Gasteiger partial charge in [-0.1, -0.05) is 6.07 Å². The molecule has 35 heavy (non-hydrogen) atoms. The molecular weight excluding hydrogens is 472 g/mol. The summed E-state index contributed by atoms with van der Waals surface area (Å²) < 4.78 is 27.1. The van der Waals surface area contributed by atoms with Gasteiger partial charge in [0.25, 0.3) is 5.91 Å². The van der Waals surface area contributed by atoms with Crippen molar-refractivity contribution in [1.82, 2.24) is 10.2 Å². The molecule has 0 bridgehead atoms. The molecule has 0 aromatic heterocycles. The van der Waals surface area contributed by atoms with E-state index in [4.69, 9.17) is 23.7 Å². The predicted octanol–water partition coefficient (Wildman–Crippen LogP) is 3.51. The van der Waals surface area contributed by atoms with Crippen LogP contribution in [0.5, 0.6) is 28.7 Å². The third kappa shape index (κ3) is 5.37. The molecule has 1 N–H and O–H groups in total. The highest BCUT2D eigenvalue weighted by atomic mass is 32.2. The summed E-state index contributed by atoms with van der Waals surface area (Å²) in [7, 11) is 7.60. The van der Waals surface area contributed by atoms with Crippen molar-refractivity contribution < 1.29 is 33.3 Å². The summed E-state index contributed by atoms with van der Waals surface area (Å²) in [6.07, 6.45) is 0. The molecule has 2 aromatic rings. The van der Waals surface area contributed by atoms with E-state index >= 15 is 0 Å². The minimum Gasteiger partial charge on any atom is -0.493 e. The summed E-state index contributed by atoms with van der Waals surface area (Å²) in [4.78, 5) is 28.7. The van der Waals surface area contributed by atoms with Gasteiger partial charge < -0.3 is 33.9 Å². The molecule has 0 radical (unpaired) electrons.